The Morgan fingerprint density at radius 2 is 1.61 bits per heavy atom. The number of carbonyl (C=O) groups excluding carboxylic acids is 2. The molecule has 5 aliphatic rings. The predicted molar refractivity (Wildman–Crippen MR) is 140 cm³/mol. The number of carbonyl (C=O) groups is 2. The molecule has 1 heterocycles. The molecule has 0 atom stereocenters. The number of nitrogens with zero attached hydrogens (tertiary/aromatic N) is 3. The predicted octanol–water partition coefficient (Wildman–Crippen LogP) is 5.35. The second kappa shape index (κ2) is 10.2. The highest BCUT2D eigenvalue weighted by atomic mass is 32.2. The van der Waals surface area contributed by atoms with Crippen LogP contribution >= 0.6 is 11.8 Å². The first kappa shape index (κ1) is 24.0. The third-order valence-electron chi connectivity index (χ3n) is 8.99. The fourth-order valence-electron chi connectivity index (χ4n) is 7.82. The van der Waals surface area contributed by atoms with Crippen LogP contribution in [0, 0.1) is 23.2 Å². The molecule has 4 bridgehead atoms. The lowest BCUT2D eigenvalue weighted by Gasteiger charge is -2.55. The third kappa shape index (κ3) is 4.93. The van der Waals surface area contributed by atoms with Crippen molar-refractivity contribution >= 4 is 29.3 Å². The van der Waals surface area contributed by atoms with E-state index in [0.29, 0.717) is 12.6 Å². The minimum atomic E-state index is -0.155. The zero-order valence-electron chi connectivity index (χ0n) is 21.0. The van der Waals surface area contributed by atoms with Gasteiger partial charge in [-0.3, -0.25) is 9.59 Å². The van der Waals surface area contributed by atoms with Gasteiger partial charge in [-0.05, 0) is 81.3 Å². The summed E-state index contributed by atoms with van der Waals surface area (Å²) in [5, 5.41) is 16.0. The van der Waals surface area contributed by atoms with Crippen LogP contribution in [-0.4, -0.2) is 32.3 Å². The highest BCUT2D eigenvalue weighted by Crippen LogP contribution is 2.60. The molecule has 2 amide bonds. The number of para-hydroxylation sites is 1. The number of amides is 2. The summed E-state index contributed by atoms with van der Waals surface area (Å²) in [5.41, 5.74) is 0.641. The lowest BCUT2D eigenvalue weighted by molar-refractivity contribution is -0.146. The Morgan fingerprint density at radius 3 is 2.28 bits per heavy atom. The maximum Gasteiger partial charge on any atom is 0.234 e. The van der Waals surface area contributed by atoms with E-state index in [-0.39, 0.29) is 23.0 Å². The van der Waals surface area contributed by atoms with Gasteiger partial charge in [-0.1, -0.05) is 49.2 Å². The standard InChI is InChI=1S/C28H37N5O2S/c34-25(30-22-7-3-1-4-8-22)18-36-27-32-31-24(33(27)23-9-5-2-6-10-23)17-29-26(35)28-14-19-11-20(15-28)13-21(12-19)16-28/h1,3-4,7-8,19-21,23H,2,5-6,9-18H2,(H,29,35)(H,30,34). The maximum atomic E-state index is 13.5. The zero-order valence-corrected chi connectivity index (χ0v) is 21.8. The molecule has 7 rings (SSSR count). The first-order valence-corrected chi connectivity index (χ1v) is 14.8. The Bertz CT molecular complexity index is 1060. The Morgan fingerprint density at radius 1 is 0.944 bits per heavy atom. The second-order valence-electron chi connectivity index (χ2n) is 11.6. The van der Waals surface area contributed by atoms with Crippen LogP contribution in [0.5, 0.6) is 0 Å². The average Bonchev–Trinajstić information content (AvgIpc) is 3.29. The number of anilines is 1. The first-order valence-electron chi connectivity index (χ1n) is 13.8. The summed E-state index contributed by atoms with van der Waals surface area (Å²) in [5.74, 6) is 3.52. The van der Waals surface area contributed by atoms with Gasteiger partial charge in [0.25, 0.3) is 0 Å². The molecule has 0 aliphatic heterocycles. The average molecular weight is 508 g/mol. The summed E-state index contributed by atoms with van der Waals surface area (Å²) >= 11 is 1.44. The number of rotatable bonds is 8. The van der Waals surface area contributed by atoms with Crippen LogP contribution in [0.15, 0.2) is 35.5 Å². The van der Waals surface area contributed by atoms with Gasteiger partial charge < -0.3 is 15.2 Å². The molecule has 0 spiro atoms. The molecule has 2 aromatic rings. The Hall–Kier alpha value is -2.35. The van der Waals surface area contributed by atoms with E-state index in [2.05, 4.69) is 25.4 Å². The van der Waals surface area contributed by atoms with Crippen molar-refractivity contribution in [2.24, 2.45) is 23.2 Å². The fraction of sp³-hybridized carbons (Fsp3) is 0.643. The molecule has 2 N–H and O–H groups in total. The molecule has 5 fully saturated rings. The van der Waals surface area contributed by atoms with E-state index in [1.807, 2.05) is 30.3 Å². The van der Waals surface area contributed by atoms with Crippen LogP contribution in [0.25, 0.3) is 0 Å². The number of hydrogen-bond acceptors (Lipinski definition) is 5. The van der Waals surface area contributed by atoms with Gasteiger partial charge in [-0.25, -0.2) is 0 Å². The van der Waals surface area contributed by atoms with Crippen molar-refractivity contribution in [1.82, 2.24) is 20.1 Å². The van der Waals surface area contributed by atoms with Crippen molar-refractivity contribution in [3.8, 4) is 0 Å². The topological polar surface area (TPSA) is 88.9 Å². The van der Waals surface area contributed by atoms with Crippen molar-refractivity contribution in [3.05, 3.63) is 36.2 Å². The van der Waals surface area contributed by atoms with Gasteiger partial charge in [0.2, 0.25) is 11.8 Å². The summed E-state index contributed by atoms with van der Waals surface area (Å²) < 4.78 is 2.22. The summed E-state index contributed by atoms with van der Waals surface area (Å²) in [6.07, 6.45) is 13.0. The Kier molecular flexibility index (Phi) is 6.80. The van der Waals surface area contributed by atoms with Crippen LogP contribution < -0.4 is 10.6 Å². The highest BCUT2D eigenvalue weighted by molar-refractivity contribution is 7.99. The van der Waals surface area contributed by atoms with E-state index < -0.39 is 0 Å². The number of hydrogen-bond donors (Lipinski definition) is 2. The van der Waals surface area contributed by atoms with Crippen molar-refractivity contribution in [2.75, 3.05) is 11.1 Å². The van der Waals surface area contributed by atoms with Crippen LogP contribution in [0.4, 0.5) is 5.69 Å². The molecule has 36 heavy (non-hydrogen) atoms. The number of benzene rings is 1. The quantitative estimate of drug-likeness (QED) is 0.471. The van der Waals surface area contributed by atoms with Gasteiger partial charge in [-0.2, -0.15) is 0 Å². The minimum absolute atomic E-state index is 0.0546. The lowest BCUT2D eigenvalue weighted by atomic mass is 9.49. The van der Waals surface area contributed by atoms with Crippen molar-refractivity contribution < 1.29 is 9.59 Å². The van der Waals surface area contributed by atoms with Gasteiger partial charge >= 0.3 is 0 Å². The molecular weight excluding hydrogens is 470 g/mol. The molecule has 5 saturated carbocycles. The van der Waals surface area contributed by atoms with Crippen LogP contribution in [0.2, 0.25) is 0 Å². The summed E-state index contributed by atoms with van der Waals surface area (Å²) in [6, 6.07) is 9.86. The lowest BCUT2D eigenvalue weighted by Crippen LogP contribution is -2.53. The van der Waals surface area contributed by atoms with Crippen LogP contribution in [0.3, 0.4) is 0 Å². The van der Waals surface area contributed by atoms with E-state index in [4.69, 9.17) is 0 Å². The SMILES string of the molecule is O=C(CSc1nnc(CNC(=O)C23CC4CC(CC(C4)C2)C3)n1C1CCCCC1)Nc1ccccc1. The van der Waals surface area contributed by atoms with E-state index in [0.717, 1.165) is 66.5 Å². The Labute approximate surface area is 217 Å². The van der Waals surface area contributed by atoms with Gasteiger partial charge in [-0.15, -0.1) is 10.2 Å². The molecule has 0 radical (unpaired) electrons. The Balaban J connectivity index is 1.13. The van der Waals surface area contributed by atoms with E-state index >= 15 is 0 Å². The van der Waals surface area contributed by atoms with Crippen molar-refractivity contribution in [3.63, 3.8) is 0 Å². The molecule has 0 saturated heterocycles. The molecule has 0 unspecified atom stereocenters. The van der Waals surface area contributed by atoms with Crippen molar-refractivity contribution in [2.45, 2.75) is 88.4 Å². The number of aromatic nitrogens is 3. The molecule has 7 nitrogen and oxygen atoms in total. The fourth-order valence-corrected chi connectivity index (χ4v) is 8.64. The summed E-state index contributed by atoms with van der Waals surface area (Å²) in [6.45, 7) is 0.418. The zero-order chi connectivity index (χ0) is 24.5. The summed E-state index contributed by atoms with van der Waals surface area (Å²) in [4.78, 5) is 26.1. The van der Waals surface area contributed by atoms with E-state index in [1.54, 1.807) is 0 Å². The van der Waals surface area contributed by atoms with E-state index in [9.17, 15) is 9.59 Å². The maximum absolute atomic E-state index is 13.5. The first-order chi connectivity index (χ1) is 17.6. The van der Waals surface area contributed by atoms with Crippen molar-refractivity contribution in [1.29, 1.82) is 0 Å². The molecule has 8 heteroatoms. The largest absolute Gasteiger partial charge is 0.348 e. The van der Waals surface area contributed by atoms with E-state index in [1.165, 1.54) is 50.3 Å². The number of thioether (sulfide) groups is 1. The normalized spacial score (nSPS) is 29.3. The monoisotopic (exact) mass is 507 g/mol. The van der Waals surface area contributed by atoms with Gasteiger partial charge in [0.15, 0.2) is 11.0 Å². The van der Waals surface area contributed by atoms with Crippen LogP contribution in [-0.2, 0) is 16.1 Å². The molecule has 5 aliphatic carbocycles. The van der Waals surface area contributed by atoms with Crippen LogP contribution in [0.1, 0.15) is 82.5 Å². The second-order valence-corrected chi connectivity index (χ2v) is 12.6. The van der Waals surface area contributed by atoms with Gasteiger partial charge in [0.05, 0.1) is 12.3 Å². The minimum Gasteiger partial charge on any atom is -0.348 e. The van der Waals surface area contributed by atoms with Gasteiger partial charge in [0, 0.05) is 17.1 Å². The summed E-state index contributed by atoms with van der Waals surface area (Å²) in [7, 11) is 0. The molecule has 1 aromatic carbocycles. The molecule has 192 valence electrons. The molecule has 1 aromatic heterocycles. The highest BCUT2D eigenvalue weighted by Gasteiger charge is 2.54. The smallest absolute Gasteiger partial charge is 0.234 e. The molecular formula is C28H37N5O2S. The van der Waals surface area contributed by atoms with Gasteiger partial charge in [0.1, 0.15) is 0 Å². The third-order valence-corrected chi connectivity index (χ3v) is 9.93. The number of nitrogens with one attached hydrogen (secondary N) is 2.